The van der Waals surface area contributed by atoms with Crippen molar-refractivity contribution in [1.82, 2.24) is 14.3 Å². The molecule has 118 valence electrons. The van der Waals surface area contributed by atoms with Gasteiger partial charge in [0, 0.05) is 31.5 Å². The van der Waals surface area contributed by atoms with Gasteiger partial charge < -0.3 is 9.30 Å². The van der Waals surface area contributed by atoms with Crippen molar-refractivity contribution in [2.45, 2.75) is 19.8 Å². The largest absolute Gasteiger partial charge is 0.342 e. The molecule has 0 N–H and O–H groups in total. The van der Waals surface area contributed by atoms with Gasteiger partial charge >= 0.3 is 0 Å². The summed E-state index contributed by atoms with van der Waals surface area (Å²) >= 11 is 0. The van der Waals surface area contributed by atoms with E-state index in [2.05, 4.69) is 11.9 Å². The zero-order chi connectivity index (χ0) is 16.2. The van der Waals surface area contributed by atoms with E-state index in [1.165, 1.54) is 0 Å². The summed E-state index contributed by atoms with van der Waals surface area (Å²) < 4.78 is 1.92. The second-order valence-electron chi connectivity index (χ2n) is 5.76. The molecule has 23 heavy (non-hydrogen) atoms. The lowest BCUT2D eigenvalue weighted by molar-refractivity contribution is 0.0793. The maximum Gasteiger partial charge on any atom is 0.255 e. The first-order valence-corrected chi connectivity index (χ1v) is 7.98. The monoisotopic (exact) mass is 307 g/mol. The first-order chi connectivity index (χ1) is 11.2. The van der Waals surface area contributed by atoms with Gasteiger partial charge in [-0.1, -0.05) is 43.7 Å². The van der Waals surface area contributed by atoms with E-state index >= 15 is 0 Å². The average molecular weight is 307 g/mol. The Morgan fingerprint density at radius 3 is 2.65 bits per heavy atom. The van der Waals surface area contributed by atoms with Gasteiger partial charge in [-0.2, -0.15) is 0 Å². The van der Waals surface area contributed by atoms with Crippen LogP contribution in [0.15, 0.2) is 54.9 Å². The Labute approximate surface area is 136 Å². The molecule has 2 heterocycles. The number of carbonyl (C=O) groups excluding carboxylic acids is 1. The van der Waals surface area contributed by atoms with Crippen LogP contribution in [0.5, 0.6) is 0 Å². The number of benzene rings is 1. The second-order valence-corrected chi connectivity index (χ2v) is 5.76. The number of imidazole rings is 1. The minimum atomic E-state index is 0.0512. The van der Waals surface area contributed by atoms with Crippen LogP contribution >= 0.6 is 0 Å². The van der Waals surface area contributed by atoms with Crippen LogP contribution in [-0.2, 0) is 0 Å². The van der Waals surface area contributed by atoms with Crippen LogP contribution in [0, 0.1) is 0 Å². The van der Waals surface area contributed by atoms with Crippen molar-refractivity contribution < 1.29 is 4.79 Å². The van der Waals surface area contributed by atoms with Gasteiger partial charge in [-0.3, -0.25) is 4.79 Å². The molecular weight excluding hydrogens is 286 g/mol. The lowest BCUT2D eigenvalue weighted by Gasteiger charge is -2.16. The normalized spacial score (nSPS) is 10.9. The van der Waals surface area contributed by atoms with Crippen molar-refractivity contribution in [3.63, 3.8) is 0 Å². The third-order valence-corrected chi connectivity index (χ3v) is 3.96. The molecule has 0 radical (unpaired) electrons. The third-order valence-electron chi connectivity index (χ3n) is 3.96. The Bertz CT molecular complexity index is 808. The lowest BCUT2D eigenvalue weighted by Crippen LogP contribution is -2.27. The standard InChI is InChI=1S/C19H21N3O/c1-3-4-12-21(2)19(23)16-10-11-18-20-17(14-22(18)13-16)15-8-6-5-7-9-15/h5-11,13-14H,3-4,12H2,1-2H3. The van der Waals surface area contributed by atoms with Gasteiger partial charge in [0.1, 0.15) is 5.65 Å². The van der Waals surface area contributed by atoms with Crippen LogP contribution in [0.1, 0.15) is 30.1 Å². The summed E-state index contributed by atoms with van der Waals surface area (Å²) in [5, 5.41) is 0. The zero-order valence-corrected chi connectivity index (χ0v) is 13.6. The number of fused-ring (bicyclic) bond motifs is 1. The first-order valence-electron chi connectivity index (χ1n) is 7.98. The minimum absolute atomic E-state index is 0.0512. The fraction of sp³-hybridized carbons (Fsp3) is 0.263. The van der Waals surface area contributed by atoms with Crippen LogP contribution in [0.3, 0.4) is 0 Å². The Morgan fingerprint density at radius 2 is 1.91 bits per heavy atom. The van der Waals surface area contributed by atoms with Crippen molar-refractivity contribution in [1.29, 1.82) is 0 Å². The highest BCUT2D eigenvalue weighted by molar-refractivity contribution is 5.94. The summed E-state index contributed by atoms with van der Waals surface area (Å²) in [5.41, 5.74) is 3.52. The van der Waals surface area contributed by atoms with Gasteiger partial charge in [-0.05, 0) is 18.6 Å². The van der Waals surface area contributed by atoms with Crippen LogP contribution in [0.4, 0.5) is 0 Å². The number of amides is 1. The first kappa shape index (κ1) is 15.3. The molecule has 0 spiro atoms. The summed E-state index contributed by atoms with van der Waals surface area (Å²) in [6, 6.07) is 13.8. The molecule has 0 atom stereocenters. The molecule has 3 rings (SSSR count). The van der Waals surface area contributed by atoms with E-state index in [1.54, 1.807) is 4.90 Å². The lowest BCUT2D eigenvalue weighted by atomic mass is 10.2. The molecular formula is C19H21N3O. The molecule has 3 aromatic rings. The molecule has 0 aliphatic carbocycles. The molecule has 1 amide bonds. The van der Waals surface area contributed by atoms with Crippen molar-refractivity contribution in [3.05, 3.63) is 60.4 Å². The topological polar surface area (TPSA) is 37.6 Å². The number of pyridine rings is 1. The van der Waals surface area contributed by atoms with E-state index in [1.807, 2.05) is 66.3 Å². The van der Waals surface area contributed by atoms with Gasteiger partial charge in [0.25, 0.3) is 5.91 Å². The van der Waals surface area contributed by atoms with Crippen LogP contribution in [0.25, 0.3) is 16.9 Å². The van der Waals surface area contributed by atoms with Gasteiger partial charge in [-0.25, -0.2) is 4.98 Å². The number of nitrogens with zero attached hydrogens (tertiary/aromatic N) is 3. The quantitative estimate of drug-likeness (QED) is 0.717. The molecule has 0 fully saturated rings. The summed E-state index contributed by atoms with van der Waals surface area (Å²) in [6.45, 7) is 2.91. The molecule has 0 aliphatic heterocycles. The van der Waals surface area contributed by atoms with Gasteiger partial charge in [0.05, 0.1) is 11.3 Å². The highest BCUT2D eigenvalue weighted by atomic mass is 16.2. The second kappa shape index (κ2) is 6.65. The molecule has 0 aliphatic rings. The molecule has 0 bridgehead atoms. The number of aromatic nitrogens is 2. The molecule has 0 saturated carbocycles. The van der Waals surface area contributed by atoms with Crippen LogP contribution in [-0.4, -0.2) is 33.8 Å². The van der Waals surface area contributed by atoms with Crippen LogP contribution in [0.2, 0.25) is 0 Å². The fourth-order valence-electron chi connectivity index (χ4n) is 2.58. The van der Waals surface area contributed by atoms with Gasteiger partial charge in [-0.15, -0.1) is 0 Å². The van der Waals surface area contributed by atoms with Gasteiger partial charge in [0.2, 0.25) is 0 Å². The Hall–Kier alpha value is -2.62. The average Bonchev–Trinajstić information content (AvgIpc) is 3.03. The summed E-state index contributed by atoms with van der Waals surface area (Å²) in [6.07, 6.45) is 5.93. The van der Waals surface area contributed by atoms with Gasteiger partial charge in [0.15, 0.2) is 0 Å². The number of rotatable bonds is 5. The maximum absolute atomic E-state index is 12.5. The molecule has 0 saturated heterocycles. The van der Waals surface area contributed by atoms with Crippen molar-refractivity contribution in [3.8, 4) is 11.3 Å². The Balaban J connectivity index is 1.89. The molecule has 4 nitrogen and oxygen atoms in total. The van der Waals surface area contributed by atoms with E-state index in [0.29, 0.717) is 5.56 Å². The predicted molar refractivity (Wildman–Crippen MR) is 92.5 cm³/mol. The SMILES string of the molecule is CCCCN(C)C(=O)c1ccc2nc(-c3ccccc3)cn2c1. The molecule has 2 aromatic heterocycles. The molecule has 1 aromatic carbocycles. The highest BCUT2D eigenvalue weighted by Gasteiger charge is 2.12. The predicted octanol–water partition coefficient (Wildman–Crippen LogP) is 3.87. The molecule has 0 unspecified atom stereocenters. The Morgan fingerprint density at radius 1 is 1.13 bits per heavy atom. The zero-order valence-electron chi connectivity index (χ0n) is 13.6. The number of unbranched alkanes of at least 4 members (excludes halogenated alkanes) is 1. The smallest absolute Gasteiger partial charge is 0.255 e. The summed E-state index contributed by atoms with van der Waals surface area (Å²) in [5.74, 6) is 0.0512. The summed E-state index contributed by atoms with van der Waals surface area (Å²) in [4.78, 5) is 18.9. The molecule has 4 heteroatoms. The van der Waals surface area contributed by atoms with E-state index < -0.39 is 0 Å². The number of hydrogen-bond donors (Lipinski definition) is 0. The highest BCUT2D eigenvalue weighted by Crippen LogP contribution is 2.19. The van der Waals surface area contributed by atoms with Crippen LogP contribution < -0.4 is 0 Å². The number of carbonyl (C=O) groups is 1. The van der Waals surface area contributed by atoms with Crippen molar-refractivity contribution >= 4 is 11.6 Å². The fourth-order valence-corrected chi connectivity index (χ4v) is 2.58. The third kappa shape index (κ3) is 3.26. The van der Waals surface area contributed by atoms with E-state index in [-0.39, 0.29) is 5.91 Å². The van der Waals surface area contributed by atoms with Crippen molar-refractivity contribution in [2.24, 2.45) is 0 Å². The van der Waals surface area contributed by atoms with E-state index in [4.69, 9.17) is 0 Å². The van der Waals surface area contributed by atoms with Crippen molar-refractivity contribution in [2.75, 3.05) is 13.6 Å². The maximum atomic E-state index is 12.5. The Kier molecular flexibility index (Phi) is 4.42. The summed E-state index contributed by atoms with van der Waals surface area (Å²) in [7, 11) is 1.85. The number of hydrogen-bond acceptors (Lipinski definition) is 2. The van der Waals surface area contributed by atoms with E-state index in [9.17, 15) is 4.79 Å². The minimum Gasteiger partial charge on any atom is -0.342 e. The van der Waals surface area contributed by atoms with E-state index in [0.717, 1.165) is 36.3 Å².